The molecule has 0 saturated heterocycles. The molecule has 0 aliphatic rings. The number of nitriles is 1. The van der Waals surface area contributed by atoms with Crippen molar-refractivity contribution < 1.29 is 9.59 Å². The third kappa shape index (κ3) is 4.46. The summed E-state index contributed by atoms with van der Waals surface area (Å²) in [4.78, 5) is 23.5. The van der Waals surface area contributed by atoms with Crippen LogP contribution in [0, 0.1) is 11.3 Å². The number of nitrogens with one attached hydrogen (secondary N) is 2. The summed E-state index contributed by atoms with van der Waals surface area (Å²) >= 11 is 0. The largest absolute Gasteiger partial charge is 0.350 e. The lowest BCUT2D eigenvalue weighted by Gasteiger charge is -2.07. The molecule has 0 atom stereocenters. The van der Waals surface area contributed by atoms with E-state index >= 15 is 0 Å². The number of amides is 2. The van der Waals surface area contributed by atoms with Crippen LogP contribution >= 0.6 is 0 Å². The van der Waals surface area contributed by atoms with Gasteiger partial charge in [-0.05, 0) is 29.8 Å². The number of carbonyl (C=O) groups is 2. The van der Waals surface area contributed by atoms with E-state index < -0.39 is 0 Å². The molecule has 0 aromatic heterocycles. The molecule has 110 valence electrons. The van der Waals surface area contributed by atoms with Crippen LogP contribution in [0.15, 0.2) is 54.6 Å². The lowest BCUT2D eigenvalue weighted by Crippen LogP contribution is -2.36. The third-order valence-electron chi connectivity index (χ3n) is 2.99. The van der Waals surface area contributed by atoms with Gasteiger partial charge in [-0.1, -0.05) is 30.3 Å². The average molecular weight is 293 g/mol. The second-order valence-electron chi connectivity index (χ2n) is 4.64. The molecule has 0 saturated carbocycles. The molecule has 5 heteroatoms. The third-order valence-corrected chi connectivity index (χ3v) is 2.99. The fourth-order valence-corrected chi connectivity index (χ4v) is 1.87. The number of hydrogen-bond donors (Lipinski definition) is 2. The van der Waals surface area contributed by atoms with E-state index in [0.29, 0.717) is 17.7 Å². The average Bonchev–Trinajstić information content (AvgIpc) is 2.58. The Bertz CT molecular complexity index is 705. The van der Waals surface area contributed by atoms with Crippen LogP contribution in [0.25, 0.3) is 0 Å². The molecule has 0 heterocycles. The van der Waals surface area contributed by atoms with E-state index in [1.165, 1.54) is 0 Å². The minimum absolute atomic E-state index is 0.0916. The van der Waals surface area contributed by atoms with Gasteiger partial charge in [-0.3, -0.25) is 9.59 Å². The molecule has 0 unspecified atom stereocenters. The summed E-state index contributed by atoms with van der Waals surface area (Å²) in [5.74, 6) is -0.575. The summed E-state index contributed by atoms with van der Waals surface area (Å²) in [7, 11) is 0. The Morgan fingerprint density at radius 2 is 1.77 bits per heavy atom. The molecule has 0 spiro atoms. The molecule has 2 rings (SSSR count). The smallest absolute Gasteiger partial charge is 0.251 e. The van der Waals surface area contributed by atoms with Gasteiger partial charge < -0.3 is 10.6 Å². The van der Waals surface area contributed by atoms with Crippen LogP contribution in [-0.4, -0.2) is 18.4 Å². The van der Waals surface area contributed by atoms with E-state index in [2.05, 4.69) is 10.6 Å². The van der Waals surface area contributed by atoms with E-state index in [0.717, 1.165) is 5.56 Å². The number of hydrogen-bond acceptors (Lipinski definition) is 3. The van der Waals surface area contributed by atoms with Gasteiger partial charge in [0.1, 0.15) is 0 Å². The first-order valence-corrected chi connectivity index (χ1v) is 6.78. The van der Waals surface area contributed by atoms with Gasteiger partial charge in [0, 0.05) is 12.1 Å². The minimum atomic E-state index is -0.290. The first-order chi connectivity index (χ1) is 10.7. The van der Waals surface area contributed by atoms with Gasteiger partial charge in [-0.25, -0.2) is 0 Å². The van der Waals surface area contributed by atoms with E-state index in [-0.39, 0.29) is 18.4 Å². The van der Waals surface area contributed by atoms with Crippen LogP contribution in [0.1, 0.15) is 21.5 Å². The molecule has 2 aromatic rings. The maximum Gasteiger partial charge on any atom is 0.251 e. The second kappa shape index (κ2) is 7.60. The number of nitrogens with zero attached hydrogens (tertiary/aromatic N) is 1. The predicted octanol–water partition coefficient (Wildman–Crippen LogP) is 1.60. The van der Waals surface area contributed by atoms with E-state index in [1.807, 2.05) is 18.2 Å². The minimum Gasteiger partial charge on any atom is -0.350 e. The van der Waals surface area contributed by atoms with Crippen LogP contribution < -0.4 is 10.6 Å². The van der Waals surface area contributed by atoms with Gasteiger partial charge in [-0.2, -0.15) is 5.26 Å². The van der Waals surface area contributed by atoms with E-state index in [4.69, 9.17) is 5.26 Å². The first kappa shape index (κ1) is 15.3. The summed E-state index contributed by atoms with van der Waals surface area (Å²) in [6.07, 6.45) is 0. The van der Waals surface area contributed by atoms with Gasteiger partial charge in [0.05, 0.1) is 18.2 Å². The van der Waals surface area contributed by atoms with Gasteiger partial charge in [0.2, 0.25) is 5.91 Å². The highest BCUT2D eigenvalue weighted by atomic mass is 16.2. The van der Waals surface area contributed by atoms with Gasteiger partial charge in [0.15, 0.2) is 0 Å². The lowest BCUT2D eigenvalue weighted by molar-refractivity contribution is -0.120. The molecule has 0 aliphatic carbocycles. The standard InChI is InChI=1S/C17H15N3O2/c18-10-13-5-4-6-14(9-13)11-19-16(21)12-20-17(22)15-7-2-1-3-8-15/h1-9H,11-12H2,(H,19,21)(H,20,22). The summed E-state index contributed by atoms with van der Waals surface area (Å²) in [6, 6.07) is 17.7. The van der Waals surface area contributed by atoms with Crippen molar-refractivity contribution in [3.05, 3.63) is 71.3 Å². The summed E-state index contributed by atoms with van der Waals surface area (Å²) in [5, 5.41) is 14.1. The van der Waals surface area contributed by atoms with Crippen molar-refractivity contribution in [3.8, 4) is 6.07 Å². The quantitative estimate of drug-likeness (QED) is 0.878. The molecule has 2 N–H and O–H groups in total. The van der Waals surface area contributed by atoms with Crippen molar-refractivity contribution >= 4 is 11.8 Å². The van der Waals surface area contributed by atoms with Crippen molar-refractivity contribution in [2.75, 3.05) is 6.54 Å². The van der Waals surface area contributed by atoms with E-state index in [1.54, 1.807) is 42.5 Å². The monoisotopic (exact) mass is 293 g/mol. The molecule has 0 aliphatic heterocycles. The maximum absolute atomic E-state index is 11.8. The van der Waals surface area contributed by atoms with Crippen LogP contribution in [0.3, 0.4) is 0 Å². The SMILES string of the molecule is N#Cc1cccc(CNC(=O)CNC(=O)c2ccccc2)c1. The number of rotatable bonds is 5. The van der Waals surface area contributed by atoms with Crippen LogP contribution in [0.5, 0.6) is 0 Å². The Morgan fingerprint density at radius 3 is 2.50 bits per heavy atom. The fraction of sp³-hybridized carbons (Fsp3) is 0.118. The van der Waals surface area contributed by atoms with Crippen molar-refractivity contribution in [1.29, 1.82) is 5.26 Å². The number of carbonyl (C=O) groups excluding carboxylic acids is 2. The topological polar surface area (TPSA) is 82.0 Å². The van der Waals surface area contributed by atoms with Gasteiger partial charge >= 0.3 is 0 Å². The molecule has 0 radical (unpaired) electrons. The predicted molar refractivity (Wildman–Crippen MR) is 81.8 cm³/mol. The molecule has 0 bridgehead atoms. The van der Waals surface area contributed by atoms with E-state index in [9.17, 15) is 9.59 Å². The Morgan fingerprint density at radius 1 is 1.00 bits per heavy atom. The Balaban J connectivity index is 1.79. The fourth-order valence-electron chi connectivity index (χ4n) is 1.87. The van der Waals surface area contributed by atoms with Gasteiger partial charge in [0.25, 0.3) is 5.91 Å². The zero-order chi connectivity index (χ0) is 15.8. The maximum atomic E-state index is 11.8. The Hall–Kier alpha value is -3.13. The molecule has 0 fully saturated rings. The van der Waals surface area contributed by atoms with Crippen molar-refractivity contribution in [1.82, 2.24) is 10.6 Å². The molecule has 22 heavy (non-hydrogen) atoms. The first-order valence-electron chi connectivity index (χ1n) is 6.78. The summed E-state index contributed by atoms with van der Waals surface area (Å²) in [5.41, 5.74) is 1.89. The number of benzene rings is 2. The highest BCUT2D eigenvalue weighted by Gasteiger charge is 2.07. The normalized spacial score (nSPS) is 9.59. The zero-order valence-electron chi connectivity index (χ0n) is 11.9. The molecule has 5 nitrogen and oxygen atoms in total. The molecular weight excluding hydrogens is 278 g/mol. The van der Waals surface area contributed by atoms with Crippen LogP contribution in [0.2, 0.25) is 0 Å². The summed E-state index contributed by atoms with van der Waals surface area (Å²) < 4.78 is 0. The van der Waals surface area contributed by atoms with Crippen molar-refractivity contribution in [2.45, 2.75) is 6.54 Å². The highest BCUT2D eigenvalue weighted by Crippen LogP contribution is 2.03. The zero-order valence-corrected chi connectivity index (χ0v) is 11.9. The summed E-state index contributed by atoms with van der Waals surface area (Å²) in [6.45, 7) is 0.223. The Labute approximate surface area is 128 Å². The van der Waals surface area contributed by atoms with Crippen molar-refractivity contribution in [2.24, 2.45) is 0 Å². The van der Waals surface area contributed by atoms with Gasteiger partial charge in [-0.15, -0.1) is 0 Å². The van der Waals surface area contributed by atoms with Crippen LogP contribution in [-0.2, 0) is 11.3 Å². The highest BCUT2D eigenvalue weighted by molar-refractivity contribution is 5.96. The van der Waals surface area contributed by atoms with Crippen molar-refractivity contribution in [3.63, 3.8) is 0 Å². The Kier molecular flexibility index (Phi) is 5.27. The lowest BCUT2D eigenvalue weighted by atomic mass is 10.1. The van der Waals surface area contributed by atoms with Crippen LogP contribution in [0.4, 0.5) is 0 Å². The molecular formula is C17H15N3O2. The molecule has 2 aromatic carbocycles. The second-order valence-corrected chi connectivity index (χ2v) is 4.64. The molecule has 2 amide bonds.